The zero-order chi connectivity index (χ0) is 12.4. The summed E-state index contributed by atoms with van der Waals surface area (Å²) in [5.41, 5.74) is 7.39. The van der Waals surface area contributed by atoms with Crippen molar-refractivity contribution in [2.24, 2.45) is 23.5 Å². The van der Waals surface area contributed by atoms with Gasteiger partial charge in [0.15, 0.2) is 0 Å². The van der Waals surface area contributed by atoms with Gasteiger partial charge in [-0.2, -0.15) is 0 Å². The van der Waals surface area contributed by atoms with Crippen molar-refractivity contribution >= 4 is 0 Å². The average molecular weight is 235 g/mol. The Balaban J connectivity index is 2.08. The molecule has 0 bridgehead atoms. The van der Waals surface area contributed by atoms with Crippen LogP contribution in [0.25, 0.3) is 0 Å². The summed E-state index contributed by atoms with van der Waals surface area (Å²) in [6.45, 7) is 4.61. The summed E-state index contributed by atoms with van der Waals surface area (Å²) >= 11 is 0. The molecule has 0 saturated heterocycles. The third-order valence-electron chi connectivity index (χ3n) is 3.98. The molecule has 0 spiro atoms. The van der Waals surface area contributed by atoms with Gasteiger partial charge >= 0.3 is 0 Å². The van der Waals surface area contributed by atoms with Crippen LogP contribution in [0.15, 0.2) is 24.3 Å². The maximum Gasteiger partial charge on any atom is 0.123 e. The molecule has 3 unspecified atom stereocenters. The number of nitrogens with two attached hydrogens (primary N) is 1. The van der Waals surface area contributed by atoms with Gasteiger partial charge in [0, 0.05) is 6.04 Å². The van der Waals surface area contributed by atoms with E-state index in [-0.39, 0.29) is 11.9 Å². The summed E-state index contributed by atoms with van der Waals surface area (Å²) in [5.74, 6) is 1.87. The summed E-state index contributed by atoms with van der Waals surface area (Å²) in [7, 11) is 0. The Hall–Kier alpha value is -0.890. The molecule has 1 aliphatic rings. The molecule has 1 aromatic rings. The van der Waals surface area contributed by atoms with Crippen LogP contribution in [0.2, 0.25) is 0 Å². The van der Waals surface area contributed by atoms with Gasteiger partial charge < -0.3 is 5.73 Å². The molecule has 2 N–H and O–H groups in total. The normalized spacial score (nSPS) is 31.2. The van der Waals surface area contributed by atoms with Gasteiger partial charge in [0.1, 0.15) is 5.82 Å². The molecule has 3 atom stereocenters. The minimum Gasteiger partial charge on any atom is -0.324 e. The molecule has 1 aliphatic carbocycles. The zero-order valence-electron chi connectivity index (χ0n) is 10.7. The van der Waals surface area contributed by atoms with E-state index in [1.807, 2.05) is 12.1 Å². The Bertz CT molecular complexity index is 350. The van der Waals surface area contributed by atoms with Crippen LogP contribution in [0.3, 0.4) is 0 Å². The average Bonchev–Trinajstić information content (AvgIpc) is 2.28. The van der Waals surface area contributed by atoms with E-state index in [2.05, 4.69) is 13.8 Å². The summed E-state index contributed by atoms with van der Waals surface area (Å²) in [6, 6.07) is 6.71. The number of hydrogen-bond donors (Lipinski definition) is 1. The molecule has 0 heterocycles. The van der Waals surface area contributed by atoms with Gasteiger partial charge in [0.05, 0.1) is 0 Å². The maximum atomic E-state index is 12.9. The van der Waals surface area contributed by atoms with Gasteiger partial charge in [-0.1, -0.05) is 26.0 Å². The lowest BCUT2D eigenvalue weighted by atomic mass is 9.73. The van der Waals surface area contributed by atoms with Gasteiger partial charge in [0.25, 0.3) is 0 Å². The minimum absolute atomic E-state index is 0.0563. The van der Waals surface area contributed by atoms with Crippen LogP contribution in [0, 0.1) is 23.6 Å². The van der Waals surface area contributed by atoms with Crippen molar-refractivity contribution in [3.63, 3.8) is 0 Å². The van der Waals surface area contributed by atoms with Gasteiger partial charge in [0.2, 0.25) is 0 Å². The summed E-state index contributed by atoms with van der Waals surface area (Å²) in [4.78, 5) is 0. The Kier molecular flexibility index (Phi) is 3.82. The fourth-order valence-electron chi connectivity index (χ4n) is 3.26. The number of benzene rings is 1. The molecule has 17 heavy (non-hydrogen) atoms. The molecular formula is C15H22FN. The second-order valence-electron chi connectivity index (χ2n) is 5.75. The fourth-order valence-corrected chi connectivity index (χ4v) is 3.26. The van der Waals surface area contributed by atoms with E-state index in [4.69, 9.17) is 5.73 Å². The highest BCUT2D eigenvalue weighted by atomic mass is 19.1. The lowest BCUT2D eigenvalue weighted by Crippen LogP contribution is -2.29. The van der Waals surface area contributed by atoms with Crippen molar-refractivity contribution in [3.05, 3.63) is 35.6 Å². The molecule has 0 radical (unpaired) electrons. The SMILES string of the molecule is CC1CC(C)CC(C(N)c2ccc(F)cc2)C1. The Morgan fingerprint density at radius 1 is 1.06 bits per heavy atom. The first-order chi connectivity index (χ1) is 8.06. The highest BCUT2D eigenvalue weighted by Gasteiger charge is 2.28. The molecule has 2 heteroatoms. The van der Waals surface area contributed by atoms with E-state index in [0.29, 0.717) is 5.92 Å². The molecule has 1 fully saturated rings. The van der Waals surface area contributed by atoms with E-state index >= 15 is 0 Å². The fraction of sp³-hybridized carbons (Fsp3) is 0.600. The summed E-state index contributed by atoms with van der Waals surface area (Å²) < 4.78 is 12.9. The molecular weight excluding hydrogens is 213 g/mol. The molecule has 1 aromatic carbocycles. The summed E-state index contributed by atoms with van der Waals surface area (Å²) in [5, 5.41) is 0. The van der Waals surface area contributed by atoms with Gasteiger partial charge in [-0.05, 0) is 54.7 Å². The first kappa shape index (κ1) is 12.6. The minimum atomic E-state index is -0.189. The van der Waals surface area contributed by atoms with E-state index < -0.39 is 0 Å². The van der Waals surface area contributed by atoms with Crippen molar-refractivity contribution in [1.82, 2.24) is 0 Å². The second-order valence-corrected chi connectivity index (χ2v) is 5.75. The monoisotopic (exact) mass is 235 g/mol. The smallest absolute Gasteiger partial charge is 0.123 e. The number of rotatable bonds is 2. The zero-order valence-corrected chi connectivity index (χ0v) is 10.7. The van der Waals surface area contributed by atoms with Crippen molar-refractivity contribution in [3.8, 4) is 0 Å². The van der Waals surface area contributed by atoms with E-state index in [0.717, 1.165) is 17.4 Å². The number of halogens is 1. The van der Waals surface area contributed by atoms with Gasteiger partial charge in [-0.15, -0.1) is 0 Å². The second kappa shape index (κ2) is 5.18. The van der Waals surface area contributed by atoms with Crippen molar-refractivity contribution < 1.29 is 4.39 Å². The van der Waals surface area contributed by atoms with Gasteiger partial charge in [-0.3, -0.25) is 0 Å². The predicted octanol–water partition coefficient (Wildman–Crippen LogP) is 3.90. The van der Waals surface area contributed by atoms with Crippen LogP contribution in [-0.2, 0) is 0 Å². The van der Waals surface area contributed by atoms with Crippen molar-refractivity contribution in [2.75, 3.05) is 0 Å². The largest absolute Gasteiger partial charge is 0.324 e. The van der Waals surface area contributed by atoms with Crippen LogP contribution in [0.4, 0.5) is 4.39 Å². The molecule has 1 nitrogen and oxygen atoms in total. The Morgan fingerprint density at radius 3 is 2.12 bits per heavy atom. The molecule has 2 rings (SSSR count). The van der Waals surface area contributed by atoms with Crippen LogP contribution < -0.4 is 5.73 Å². The molecule has 0 amide bonds. The quantitative estimate of drug-likeness (QED) is 0.826. The van der Waals surface area contributed by atoms with Crippen LogP contribution in [-0.4, -0.2) is 0 Å². The van der Waals surface area contributed by atoms with Gasteiger partial charge in [-0.25, -0.2) is 4.39 Å². The first-order valence-electron chi connectivity index (χ1n) is 6.57. The van der Waals surface area contributed by atoms with Crippen molar-refractivity contribution in [1.29, 1.82) is 0 Å². The lowest BCUT2D eigenvalue weighted by Gasteiger charge is -2.35. The van der Waals surface area contributed by atoms with Crippen molar-refractivity contribution in [2.45, 2.75) is 39.2 Å². The van der Waals surface area contributed by atoms with E-state index in [1.54, 1.807) is 0 Å². The Morgan fingerprint density at radius 2 is 1.59 bits per heavy atom. The van der Waals surface area contributed by atoms with E-state index in [1.165, 1.54) is 31.4 Å². The highest BCUT2D eigenvalue weighted by molar-refractivity contribution is 5.20. The van der Waals surface area contributed by atoms with Crippen LogP contribution in [0.5, 0.6) is 0 Å². The van der Waals surface area contributed by atoms with E-state index in [9.17, 15) is 4.39 Å². The third kappa shape index (κ3) is 3.06. The number of hydrogen-bond acceptors (Lipinski definition) is 1. The highest BCUT2D eigenvalue weighted by Crippen LogP contribution is 2.38. The molecule has 1 saturated carbocycles. The summed E-state index contributed by atoms with van der Waals surface area (Å²) in [6.07, 6.45) is 3.71. The lowest BCUT2D eigenvalue weighted by molar-refractivity contribution is 0.193. The molecule has 0 aliphatic heterocycles. The molecule has 0 aromatic heterocycles. The Labute approximate surface area is 103 Å². The molecule has 94 valence electrons. The topological polar surface area (TPSA) is 26.0 Å². The first-order valence-corrected chi connectivity index (χ1v) is 6.57. The predicted molar refractivity (Wildman–Crippen MR) is 69.0 cm³/mol. The maximum absolute atomic E-state index is 12.9. The van der Waals surface area contributed by atoms with Crippen LogP contribution >= 0.6 is 0 Å². The third-order valence-corrected chi connectivity index (χ3v) is 3.98. The van der Waals surface area contributed by atoms with Crippen LogP contribution in [0.1, 0.15) is 44.7 Å². The standard InChI is InChI=1S/C15H22FN/c1-10-7-11(2)9-13(8-10)15(17)12-3-5-14(16)6-4-12/h3-6,10-11,13,15H,7-9,17H2,1-2H3.